The average Bonchev–Trinajstić information content (AvgIpc) is 2.61. The molecule has 0 bridgehead atoms. The van der Waals surface area contributed by atoms with Gasteiger partial charge in [0.2, 0.25) is 5.96 Å². The molecule has 0 unspecified atom stereocenters. The van der Waals surface area contributed by atoms with Crippen LogP contribution in [0.5, 0.6) is 0 Å². The van der Waals surface area contributed by atoms with E-state index in [2.05, 4.69) is 15.3 Å². The van der Waals surface area contributed by atoms with E-state index in [1.54, 1.807) is 30.3 Å². The second-order valence-corrected chi connectivity index (χ2v) is 5.07. The Bertz CT molecular complexity index is 981. The molecular formula is C17H13N5O3. The maximum absolute atomic E-state index is 12.5. The predicted molar refractivity (Wildman–Crippen MR) is 93.6 cm³/mol. The van der Waals surface area contributed by atoms with Crippen molar-refractivity contribution in [2.24, 2.45) is 10.7 Å². The highest BCUT2D eigenvalue weighted by Gasteiger charge is 2.20. The highest BCUT2D eigenvalue weighted by Crippen LogP contribution is 2.27. The minimum Gasteiger partial charge on any atom is -0.369 e. The lowest BCUT2D eigenvalue weighted by Gasteiger charge is -2.07. The Morgan fingerprint density at radius 1 is 1.12 bits per heavy atom. The molecule has 3 rings (SSSR count). The third-order valence-electron chi connectivity index (χ3n) is 3.43. The largest absolute Gasteiger partial charge is 0.369 e. The third-order valence-corrected chi connectivity index (χ3v) is 3.43. The van der Waals surface area contributed by atoms with Crippen molar-refractivity contribution in [3.05, 3.63) is 76.5 Å². The zero-order valence-corrected chi connectivity index (χ0v) is 12.9. The van der Waals surface area contributed by atoms with E-state index in [4.69, 9.17) is 5.73 Å². The van der Waals surface area contributed by atoms with Gasteiger partial charge in [0.1, 0.15) is 0 Å². The van der Waals surface area contributed by atoms with Crippen LogP contribution >= 0.6 is 0 Å². The number of nitro benzene ring substituents is 1. The molecule has 0 saturated carbocycles. The molecule has 3 N–H and O–H groups in total. The minimum atomic E-state index is -0.598. The number of hydrogen-bond acceptors (Lipinski definition) is 5. The molecule has 8 heteroatoms. The van der Waals surface area contributed by atoms with Crippen molar-refractivity contribution in [1.82, 2.24) is 10.3 Å². The number of fused-ring (bicyclic) bond motifs is 1. The Balaban J connectivity index is 1.98. The summed E-state index contributed by atoms with van der Waals surface area (Å²) in [5.41, 5.74) is 6.58. The second kappa shape index (κ2) is 6.75. The van der Waals surface area contributed by atoms with Crippen LogP contribution in [0, 0.1) is 10.1 Å². The van der Waals surface area contributed by atoms with Crippen LogP contribution in [0.1, 0.15) is 10.4 Å². The number of nitro groups is 1. The zero-order valence-electron chi connectivity index (χ0n) is 12.9. The standard InChI is InChI=1S/C17H13N5O3/c18-17(20-11-5-2-1-3-6-11)21-16(23)12-9-10-19-13-7-4-8-14(15(12)13)22(24)25/h1-10H,(H3,18,20,21,23). The summed E-state index contributed by atoms with van der Waals surface area (Å²) in [5, 5.41) is 13.8. The molecule has 25 heavy (non-hydrogen) atoms. The molecule has 0 aliphatic carbocycles. The highest BCUT2D eigenvalue weighted by molar-refractivity contribution is 6.14. The number of non-ortho nitro benzene ring substituents is 1. The van der Waals surface area contributed by atoms with Gasteiger partial charge in [0.15, 0.2) is 0 Å². The normalized spacial score (nSPS) is 11.3. The van der Waals surface area contributed by atoms with Gasteiger partial charge in [-0.05, 0) is 24.3 Å². The number of pyridine rings is 1. The van der Waals surface area contributed by atoms with E-state index in [-0.39, 0.29) is 22.6 Å². The van der Waals surface area contributed by atoms with Crippen LogP contribution in [-0.4, -0.2) is 21.8 Å². The molecule has 124 valence electrons. The van der Waals surface area contributed by atoms with Gasteiger partial charge in [-0.2, -0.15) is 0 Å². The Morgan fingerprint density at radius 3 is 2.60 bits per heavy atom. The minimum absolute atomic E-state index is 0.100. The number of nitrogens with one attached hydrogen (secondary N) is 1. The molecule has 0 saturated heterocycles. The lowest BCUT2D eigenvalue weighted by Crippen LogP contribution is -2.36. The quantitative estimate of drug-likeness (QED) is 0.329. The number of guanidine groups is 1. The smallest absolute Gasteiger partial charge is 0.279 e. The molecule has 0 radical (unpaired) electrons. The summed E-state index contributed by atoms with van der Waals surface area (Å²) < 4.78 is 0. The number of aliphatic imine (C=N–C) groups is 1. The van der Waals surface area contributed by atoms with Crippen molar-refractivity contribution >= 4 is 34.1 Å². The number of aromatic nitrogens is 1. The number of para-hydroxylation sites is 1. The summed E-state index contributed by atoms with van der Waals surface area (Å²) in [7, 11) is 0. The van der Waals surface area contributed by atoms with Crippen molar-refractivity contribution < 1.29 is 9.72 Å². The van der Waals surface area contributed by atoms with Gasteiger partial charge < -0.3 is 5.73 Å². The number of carbonyl (C=O) groups is 1. The number of benzene rings is 2. The van der Waals surface area contributed by atoms with Crippen molar-refractivity contribution in [3.63, 3.8) is 0 Å². The van der Waals surface area contributed by atoms with Gasteiger partial charge >= 0.3 is 0 Å². The van der Waals surface area contributed by atoms with Gasteiger partial charge in [0.05, 0.1) is 27.1 Å². The monoisotopic (exact) mass is 335 g/mol. The average molecular weight is 335 g/mol. The number of carbonyl (C=O) groups excluding carboxylic acids is 1. The van der Waals surface area contributed by atoms with E-state index in [1.807, 2.05) is 6.07 Å². The molecular weight excluding hydrogens is 322 g/mol. The molecule has 1 aromatic heterocycles. The summed E-state index contributed by atoms with van der Waals surface area (Å²) in [6.45, 7) is 0. The van der Waals surface area contributed by atoms with E-state index in [0.29, 0.717) is 11.2 Å². The maximum atomic E-state index is 12.5. The second-order valence-electron chi connectivity index (χ2n) is 5.07. The summed E-state index contributed by atoms with van der Waals surface area (Å²) in [6.07, 6.45) is 1.41. The molecule has 1 amide bonds. The lowest BCUT2D eigenvalue weighted by molar-refractivity contribution is -0.383. The topological polar surface area (TPSA) is 124 Å². The predicted octanol–water partition coefficient (Wildman–Crippen LogP) is 2.52. The lowest BCUT2D eigenvalue weighted by atomic mass is 10.1. The first-order valence-electron chi connectivity index (χ1n) is 7.29. The van der Waals surface area contributed by atoms with E-state index >= 15 is 0 Å². The number of hydrogen-bond donors (Lipinski definition) is 2. The number of nitrogens with two attached hydrogens (primary N) is 1. The first kappa shape index (κ1) is 16.1. The van der Waals surface area contributed by atoms with Gasteiger partial charge in [-0.3, -0.25) is 25.2 Å². The van der Waals surface area contributed by atoms with Crippen LogP contribution in [0.25, 0.3) is 10.9 Å². The SMILES string of the molecule is NC(=Nc1ccccc1)NC(=O)c1ccnc2cccc([N+](=O)[O-])c12. The Labute approximate surface area is 142 Å². The number of amides is 1. The van der Waals surface area contributed by atoms with Crippen molar-refractivity contribution in [1.29, 1.82) is 0 Å². The summed E-state index contributed by atoms with van der Waals surface area (Å²) in [6, 6.07) is 14.7. The molecule has 3 aromatic rings. The molecule has 0 aliphatic heterocycles. The van der Waals surface area contributed by atoms with Crippen molar-refractivity contribution in [2.75, 3.05) is 0 Å². The maximum Gasteiger partial charge on any atom is 0.279 e. The van der Waals surface area contributed by atoms with Crippen molar-refractivity contribution in [3.8, 4) is 0 Å². The number of rotatable bonds is 3. The Hall–Kier alpha value is -3.81. The summed E-state index contributed by atoms with van der Waals surface area (Å²) in [4.78, 5) is 31.4. The van der Waals surface area contributed by atoms with Crippen molar-refractivity contribution in [2.45, 2.75) is 0 Å². The van der Waals surface area contributed by atoms with E-state index in [1.165, 1.54) is 24.4 Å². The third kappa shape index (κ3) is 3.42. The Kier molecular flexibility index (Phi) is 4.34. The highest BCUT2D eigenvalue weighted by atomic mass is 16.6. The van der Waals surface area contributed by atoms with Gasteiger partial charge in [-0.15, -0.1) is 0 Å². The van der Waals surface area contributed by atoms with Crippen LogP contribution in [0.2, 0.25) is 0 Å². The van der Waals surface area contributed by atoms with Crippen LogP contribution in [0.4, 0.5) is 11.4 Å². The fourth-order valence-corrected chi connectivity index (χ4v) is 2.38. The van der Waals surface area contributed by atoms with Gasteiger partial charge in [-0.1, -0.05) is 24.3 Å². The molecule has 2 aromatic carbocycles. The molecule has 0 atom stereocenters. The summed E-state index contributed by atoms with van der Waals surface area (Å²) in [5.74, 6) is -0.710. The van der Waals surface area contributed by atoms with Gasteiger partial charge in [0.25, 0.3) is 11.6 Å². The fourth-order valence-electron chi connectivity index (χ4n) is 2.38. The van der Waals surface area contributed by atoms with Crippen LogP contribution in [0.3, 0.4) is 0 Å². The zero-order chi connectivity index (χ0) is 17.8. The number of nitrogens with zero attached hydrogens (tertiary/aromatic N) is 3. The van der Waals surface area contributed by atoms with Crippen LogP contribution < -0.4 is 11.1 Å². The molecule has 0 spiro atoms. The molecule has 8 nitrogen and oxygen atoms in total. The van der Waals surface area contributed by atoms with E-state index < -0.39 is 10.8 Å². The van der Waals surface area contributed by atoms with E-state index in [0.717, 1.165) is 0 Å². The molecule has 1 heterocycles. The Morgan fingerprint density at radius 2 is 1.88 bits per heavy atom. The van der Waals surface area contributed by atoms with Crippen LogP contribution in [0.15, 0.2) is 65.8 Å². The van der Waals surface area contributed by atoms with Gasteiger partial charge in [-0.25, -0.2) is 4.99 Å². The first-order valence-corrected chi connectivity index (χ1v) is 7.29. The molecule has 0 aliphatic rings. The fraction of sp³-hybridized carbons (Fsp3) is 0. The van der Waals surface area contributed by atoms with E-state index in [9.17, 15) is 14.9 Å². The summed E-state index contributed by atoms with van der Waals surface area (Å²) >= 11 is 0. The molecule has 0 fully saturated rings. The van der Waals surface area contributed by atoms with Gasteiger partial charge in [0, 0.05) is 12.3 Å². The van der Waals surface area contributed by atoms with Crippen LogP contribution in [-0.2, 0) is 0 Å². The first-order chi connectivity index (χ1) is 12.1.